The fourth-order valence-corrected chi connectivity index (χ4v) is 3.27. The first-order valence-electron chi connectivity index (χ1n) is 8.64. The van der Waals surface area contributed by atoms with E-state index in [0.29, 0.717) is 28.4 Å². The summed E-state index contributed by atoms with van der Waals surface area (Å²) < 4.78 is 17.7. The lowest BCUT2D eigenvalue weighted by Crippen LogP contribution is -2.30. The van der Waals surface area contributed by atoms with Gasteiger partial charge in [-0.25, -0.2) is 4.98 Å². The Bertz CT molecular complexity index is 1170. The van der Waals surface area contributed by atoms with Gasteiger partial charge in [-0.15, -0.1) is 0 Å². The smallest absolute Gasteiger partial charge is 0.276 e. The first-order chi connectivity index (χ1) is 13.1. The third-order valence-corrected chi connectivity index (χ3v) is 4.58. The Morgan fingerprint density at radius 3 is 2.56 bits per heavy atom. The molecule has 0 fully saturated rings. The van der Waals surface area contributed by atoms with Crippen molar-refractivity contribution in [1.29, 1.82) is 0 Å². The van der Waals surface area contributed by atoms with Gasteiger partial charge < -0.3 is 14.2 Å². The Hall–Kier alpha value is -3.29. The van der Waals surface area contributed by atoms with Crippen LogP contribution in [0.1, 0.15) is 24.1 Å². The number of aromatic amines is 1. The SMILES string of the molecule is COc1cc(/C=c2\c(=O)[nH]c3nc4c(nn23)CCCC=4)cc(OC)c1OC. The van der Waals surface area contributed by atoms with Gasteiger partial charge in [0.25, 0.3) is 5.56 Å². The molecule has 0 saturated carbocycles. The molecule has 27 heavy (non-hydrogen) atoms. The van der Waals surface area contributed by atoms with E-state index in [-0.39, 0.29) is 5.56 Å². The molecule has 0 bridgehead atoms. The Morgan fingerprint density at radius 2 is 1.89 bits per heavy atom. The number of aryl methyl sites for hydroxylation is 1. The van der Waals surface area contributed by atoms with Gasteiger partial charge in [0.15, 0.2) is 11.5 Å². The van der Waals surface area contributed by atoms with E-state index in [2.05, 4.69) is 21.1 Å². The monoisotopic (exact) mass is 368 g/mol. The fourth-order valence-electron chi connectivity index (χ4n) is 3.27. The number of ether oxygens (including phenoxy) is 3. The number of nitrogens with one attached hydrogen (secondary N) is 1. The number of fused-ring (bicyclic) bond motifs is 2. The third-order valence-electron chi connectivity index (χ3n) is 4.58. The van der Waals surface area contributed by atoms with Crippen LogP contribution in [0.2, 0.25) is 0 Å². The van der Waals surface area contributed by atoms with Crippen LogP contribution < -0.4 is 30.5 Å². The molecule has 8 heteroatoms. The summed E-state index contributed by atoms with van der Waals surface area (Å²) in [6.07, 6.45) is 6.65. The van der Waals surface area contributed by atoms with Crippen molar-refractivity contribution >= 4 is 17.9 Å². The molecule has 0 unspecified atom stereocenters. The van der Waals surface area contributed by atoms with E-state index in [0.717, 1.165) is 35.9 Å². The molecule has 4 rings (SSSR count). The van der Waals surface area contributed by atoms with Gasteiger partial charge in [0, 0.05) is 0 Å². The maximum absolute atomic E-state index is 12.5. The van der Waals surface area contributed by atoms with Crippen LogP contribution in [0.3, 0.4) is 0 Å². The molecule has 0 atom stereocenters. The van der Waals surface area contributed by atoms with Gasteiger partial charge >= 0.3 is 0 Å². The molecule has 1 aliphatic rings. The first-order valence-corrected chi connectivity index (χ1v) is 8.64. The second-order valence-corrected chi connectivity index (χ2v) is 6.22. The standard InChI is InChI=1S/C19H20N4O4/c1-25-15-9-11(10-16(26-2)17(15)27-3)8-14-18(24)21-19-20-12-6-4-5-7-13(12)22-23(14)19/h6,8-10H,4-5,7H2,1-3H3,(H,20,21,24)/b14-8+. The lowest BCUT2D eigenvalue weighted by Gasteiger charge is -2.12. The molecule has 8 nitrogen and oxygen atoms in total. The number of nitrogens with zero attached hydrogens (tertiary/aromatic N) is 3. The van der Waals surface area contributed by atoms with Gasteiger partial charge in [-0.3, -0.25) is 9.78 Å². The third kappa shape index (κ3) is 2.92. The predicted octanol–water partition coefficient (Wildman–Crippen LogP) is 0.389. The van der Waals surface area contributed by atoms with Crippen molar-refractivity contribution in [2.45, 2.75) is 19.3 Å². The van der Waals surface area contributed by atoms with Gasteiger partial charge in [0.2, 0.25) is 11.5 Å². The van der Waals surface area contributed by atoms with Gasteiger partial charge in [-0.2, -0.15) is 9.61 Å². The summed E-state index contributed by atoms with van der Waals surface area (Å²) in [5.74, 6) is 1.95. The average Bonchev–Trinajstić information content (AvgIpc) is 2.99. The molecule has 0 spiro atoms. The zero-order valence-electron chi connectivity index (χ0n) is 15.4. The summed E-state index contributed by atoms with van der Waals surface area (Å²) in [7, 11) is 4.65. The Morgan fingerprint density at radius 1 is 1.15 bits per heavy atom. The van der Waals surface area contributed by atoms with Crippen molar-refractivity contribution < 1.29 is 14.2 Å². The minimum atomic E-state index is -0.258. The number of aromatic nitrogens is 4. The summed E-state index contributed by atoms with van der Waals surface area (Å²) in [5.41, 5.74) is 1.37. The van der Waals surface area contributed by atoms with Crippen molar-refractivity contribution in [2.24, 2.45) is 0 Å². The lowest BCUT2D eigenvalue weighted by atomic mass is 10.1. The van der Waals surface area contributed by atoms with Gasteiger partial charge in [-0.05, 0) is 43.0 Å². The van der Waals surface area contributed by atoms with E-state index < -0.39 is 0 Å². The van der Waals surface area contributed by atoms with Crippen molar-refractivity contribution in [3.63, 3.8) is 0 Å². The average molecular weight is 368 g/mol. The van der Waals surface area contributed by atoms with Crippen LogP contribution >= 0.6 is 0 Å². The number of rotatable bonds is 4. The molecule has 2 heterocycles. The highest BCUT2D eigenvalue weighted by Gasteiger charge is 2.14. The highest BCUT2D eigenvalue weighted by atomic mass is 16.5. The molecule has 1 aliphatic carbocycles. The molecule has 2 aromatic heterocycles. The van der Waals surface area contributed by atoms with E-state index in [1.165, 1.54) is 0 Å². The van der Waals surface area contributed by atoms with E-state index >= 15 is 0 Å². The summed E-state index contributed by atoms with van der Waals surface area (Å²) in [5, 5.41) is 5.86. The van der Waals surface area contributed by atoms with Gasteiger partial charge in [-0.1, -0.05) is 6.08 Å². The molecular formula is C19H20N4O4. The maximum atomic E-state index is 12.5. The van der Waals surface area contributed by atoms with Crippen molar-refractivity contribution in [3.8, 4) is 17.2 Å². The quantitative estimate of drug-likeness (QED) is 0.716. The number of hydrogen-bond acceptors (Lipinski definition) is 6. The molecule has 0 aliphatic heterocycles. The number of hydrogen-bond donors (Lipinski definition) is 1. The van der Waals surface area contributed by atoms with E-state index in [1.807, 2.05) is 0 Å². The van der Waals surface area contributed by atoms with E-state index in [4.69, 9.17) is 14.2 Å². The van der Waals surface area contributed by atoms with Crippen LogP contribution in [0.25, 0.3) is 17.9 Å². The highest BCUT2D eigenvalue weighted by Crippen LogP contribution is 2.38. The molecule has 140 valence electrons. The number of H-pyrrole nitrogens is 1. The second-order valence-electron chi connectivity index (χ2n) is 6.22. The van der Waals surface area contributed by atoms with Crippen molar-refractivity contribution in [1.82, 2.24) is 19.6 Å². The van der Waals surface area contributed by atoms with Crippen molar-refractivity contribution in [3.05, 3.63) is 44.4 Å². The lowest BCUT2D eigenvalue weighted by molar-refractivity contribution is 0.324. The maximum Gasteiger partial charge on any atom is 0.276 e. The first kappa shape index (κ1) is 17.1. The van der Waals surface area contributed by atoms with Crippen LogP contribution in [0.15, 0.2) is 16.9 Å². The van der Waals surface area contributed by atoms with E-state index in [9.17, 15) is 4.79 Å². The van der Waals surface area contributed by atoms with Crippen molar-refractivity contribution in [2.75, 3.05) is 21.3 Å². The minimum absolute atomic E-state index is 0.258. The normalized spacial score (nSPS) is 14.0. The number of benzene rings is 1. The molecule has 3 aromatic rings. The summed E-state index contributed by atoms with van der Waals surface area (Å²) in [6.45, 7) is 0. The van der Waals surface area contributed by atoms with Gasteiger partial charge in [0.1, 0.15) is 5.35 Å². The van der Waals surface area contributed by atoms with Crippen LogP contribution in [-0.4, -0.2) is 40.9 Å². The number of methoxy groups -OCH3 is 3. The largest absolute Gasteiger partial charge is 0.493 e. The van der Waals surface area contributed by atoms with Gasteiger partial charge in [0.05, 0.1) is 32.4 Å². The topological polar surface area (TPSA) is 90.7 Å². The second kappa shape index (κ2) is 6.79. The van der Waals surface area contributed by atoms with Crippen LogP contribution in [0.5, 0.6) is 17.2 Å². The molecule has 0 amide bonds. The molecule has 1 N–H and O–H groups in total. The van der Waals surface area contributed by atoms with E-state index in [1.54, 1.807) is 44.1 Å². The Labute approximate surface area is 154 Å². The van der Waals surface area contributed by atoms with Crippen LogP contribution in [0, 0.1) is 0 Å². The Balaban J connectivity index is 1.96. The highest BCUT2D eigenvalue weighted by molar-refractivity contribution is 5.62. The fraction of sp³-hybridized carbons (Fsp3) is 0.316. The zero-order valence-corrected chi connectivity index (χ0v) is 15.4. The summed E-state index contributed by atoms with van der Waals surface area (Å²) in [6, 6.07) is 3.56. The summed E-state index contributed by atoms with van der Waals surface area (Å²) in [4.78, 5) is 19.8. The molecule has 0 saturated heterocycles. The van der Waals surface area contributed by atoms with Crippen LogP contribution in [-0.2, 0) is 6.42 Å². The minimum Gasteiger partial charge on any atom is -0.493 e. The zero-order chi connectivity index (χ0) is 19.0. The van der Waals surface area contributed by atoms with Crippen LogP contribution in [0.4, 0.5) is 0 Å². The Kier molecular flexibility index (Phi) is 4.31. The molecular weight excluding hydrogens is 348 g/mol. The number of imidazole rings is 1. The summed E-state index contributed by atoms with van der Waals surface area (Å²) >= 11 is 0. The molecule has 0 radical (unpaired) electrons. The molecule has 1 aromatic carbocycles. The predicted molar refractivity (Wildman–Crippen MR) is 99.9 cm³/mol.